The van der Waals surface area contributed by atoms with Gasteiger partial charge >= 0.3 is 17.9 Å². The Labute approximate surface area is 166 Å². The molecule has 152 valence electrons. The molecule has 0 spiro atoms. The minimum atomic E-state index is -0.733. The number of hydrogen-bond acceptors (Lipinski definition) is 8. The van der Waals surface area contributed by atoms with Crippen LogP contribution in [0, 0.1) is 5.41 Å². The number of hydrogen-bond donors (Lipinski definition) is 1. The molecule has 0 fully saturated rings. The summed E-state index contributed by atoms with van der Waals surface area (Å²) in [7, 11) is 0. The molecule has 0 heterocycles. The average Bonchev–Trinajstić information content (AvgIpc) is 2.62. The van der Waals surface area contributed by atoms with Crippen molar-refractivity contribution in [2.75, 3.05) is 37.1 Å². The first-order chi connectivity index (χ1) is 12.4. The van der Waals surface area contributed by atoms with Crippen LogP contribution in [0.15, 0.2) is 0 Å². The lowest BCUT2D eigenvalue weighted by Gasteiger charge is -2.31. The Morgan fingerprint density at radius 3 is 1.77 bits per heavy atom. The summed E-state index contributed by atoms with van der Waals surface area (Å²) in [5.74, 6) is 1.07. The van der Waals surface area contributed by atoms with Crippen LogP contribution in [0.2, 0.25) is 0 Å². The summed E-state index contributed by atoms with van der Waals surface area (Å²) in [6.07, 6.45) is 2.09. The van der Waals surface area contributed by atoms with E-state index in [0.717, 1.165) is 5.75 Å². The highest BCUT2D eigenvalue weighted by Gasteiger charge is 2.34. The summed E-state index contributed by atoms with van der Waals surface area (Å²) in [6.45, 7) is 5.94. The second-order valence-electron chi connectivity index (χ2n) is 6.01. The van der Waals surface area contributed by atoms with E-state index < -0.39 is 5.41 Å². The number of carbonyl (C=O) groups excluding carboxylic acids is 3. The largest absolute Gasteiger partial charge is 0.465 e. The van der Waals surface area contributed by atoms with Crippen molar-refractivity contribution < 1.29 is 28.6 Å². The molecule has 0 aromatic rings. The lowest BCUT2D eigenvalue weighted by atomic mass is 9.88. The van der Waals surface area contributed by atoms with Gasteiger partial charge in [0.15, 0.2) is 0 Å². The normalized spacial score (nSPS) is 12.9. The van der Waals surface area contributed by atoms with Crippen LogP contribution in [0.4, 0.5) is 0 Å². The van der Waals surface area contributed by atoms with E-state index in [-0.39, 0.29) is 44.1 Å². The topological polar surface area (TPSA) is 78.9 Å². The molecule has 0 amide bonds. The van der Waals surface area contributed by atoms with Gasteiger partial charge < -0.3 is 14.2 Å². The van der Waals surface area contributed by atoms with Gasteiger partial charge in [-0.1, -0.05) is 20.8 Å². The Morgan fingerprint density at radius 1 is 0.846 bits per heavy atom. The molecule has 0 aliphatic heterocycles. The zero-order valence-corrected chi connectivity index (χ0v) is 17.8. The fourth-order valence-corrected chi connectivity index (χ4v) is 2.73. The maximum atomic E-state index is 11.9. The molecule has 0 saturated heterocycles. The van der Waals surface area contributed by atoms with Crippen molar-refractivity contribution in [2.24, 2.45) is 5.41 Å². The van der Waals surface area contributed by atoms with E-state index in [1.165, 1.54) is 0 Å². The van der Waals surface area contributed by atoms with Crippen molar-refractivity contribution in [1.29, 1.82) is 0 Å². The lowest BCUT2D eigenvalue weighted by molar-refractivity contribution is -0.162. The lowest BCUT2D eigenvalue weighted by Crippen LogP contribution is -2.39. The van der Waals surface area contributed by atoms with Gasteiger partial charge in [-0.2, -0.15) is 24.4 Å². The number of rotatable bonds is 15. The molecule has 0 aliphatic carbocycles. The molecule has 0 saturated carbocycles. The van der Waals surface area contributed by atoms with Crippen LogP contribution in [-0.2, 0) is 28.6 Å². The fourth-order valence-electron chi connectivity index (χ4n) is 1.94. The summed E-state index contributed by atoms with van der Waals surface area (Å²) in [4.78, 5) is 35.3. The first-order valence-corrected chi connectivity index (χ1v) is 10.9. The molecule has 6 nitrogen and oxygen atoms in total. The molecular weight excluding hydrogens is 376 g/mol. The maximum absolute atomic E-state index is 11.9. The molecule has 0 N–H and O–H groups in total. The van der Waals surface area contributed by atoms with E-state index >= 15 is 0 Å². The molecule has 0 bridgehead atoms. The van der Waals surface area contributed by atoms with Crippen LogP contribution in [0.3, 0.4) is 0 Å². The number of thioether (sulfide) groups is 1. The molecule has 26 heavy (non-hydrogen) atoms. The predicted octanol–water partition coefficient (Wildman–Crippen LogP) is 3.28. The molecule has 8 heteroatoms. The second-order valence-corrected chi connectivity index (χ2v) is 7.85. The smallest absolute Gasteiger partial charge is 0.306 e. The highest BCUT2D eigenvalue weighted by molar-refractivity contribution is 7.99. The molecule has 0 aliphatic rings. The second kappa shape index (κ2) is 15.2. The zero-order chi connectivity index (χ0) is 19.8. The Morgan fingerprint density at radius 2 is 1.35 bits per heavy atom. The molecule has 1 unspecified atom stereocenters. The quantitative estimate of drug-likeness (QED) is 0.193. The molecule has 0 rings (SSSR count). The van der Waals surface area contributed by atoms with Crippen molar-refractivity contribution in [2.45, 2.75) is 52.9 Å². The standard InChI is InChI=1S/C18H32O6S2/c1-4-7-15(19)22-12-18(5-2,13-23-16(20)8-10-25)14-24-17(21)9-11-26-6-3/h25H,4-14H2,1-3H3. The van der Waals surface area contributed by atoms with Crippen molar-refractivity contribution in [3.8, 4) is 0 Å². The van der Waals surface area contributed by atoms with Crippen LogP contribution in [0.1, 0.15) is 52.9 Å². The van der Waals surface area contributed by atoms with Crippen LogP contribution >= 0.6 is 24.4 Å². The maximum Gasteiger partial charge on any atom is 0.306 e. The van der Waals surface area contributed by atoms with Gasteiger partial charge in [-0.25, -0.2) is 0 Å². The summed E-state index contributed by atoms with van der Waals surface area (Å²) in [5.41, 5.74) is -0.733. The van der Waals surface area contributed by atoms with Gasteiger partial charge in [0.1, 0.15) is 19.8 Å². The summed E-state index contributed by atoms with van der Waals surface area (Å²) in [5, 5.41) is 0. The molecular formula is C18H32O6S2. The first-order valence-electron chi connectivity index (χ1n) is 9.08. The van der Waals surface area contributed by atoms with Gasteiger partial charge in [0, 0.05) is 17.9 Å². The molecule has 1 atom stereocenters. The predicted molar refractivity (Wildman–Crippen MR) is 107 cm³/mol. The monoisotopic (exact) mass is 408 g/mol. The van der Waals surface area contributed by atoms with Crippen LogP contribution in [0.5, 0.6) is 0 Å². The number of ether oxygens (including phenoxy) is 3. The minimum absolute atomic E-state index is 0.0342. The van der Waals surface area contributed by atoms with Crippen molar-refractivity contribution in [3.05, 3.63) is 0 Å². The zero-order valence-electron chi connectivity index (χ0n) is 16.1. The SMILES string of the molecule is CCCC(=O)OCC(CC)(COC(=O)CCS)COC(=O)CCSCC. The van der Waals surface area contributed by atoms with E-state index in [0.29, 0.717) is 37.2 Å². The Kier molecular flexibility index (Phi) is 14.7. The Bertz CT molecular complexity index is 406. The summed E-state index contributed by atoms with van der Waals surface area (Å²) >= 11 is 5.67. The number of carbonyl (C=O) groups is 3. The van der Waals surface area contributed by atoms with Gasteiger partial charge in [0.25, 0.3) is 0 Å². The van der Waals surface area contributed by atoms with E-state index in [4.69, 9.17) is 14.2 Å². The van der Waals surface area contributed by atoms with Crippen LogP contribution in [0.25, 0.3) is 0 Å². The number of esters is 3. The first kappa shape index (κ1) is 25.1. The van der Waals surface area contributed by atoms with E-state index in [2.05, 4.69) is 12.6 Å². The van der Waals surface area contributed by atoms with Crippen LogP contribution < -0.4 is 0 Å². The molecule has 0 radical (unpaired) electrons. The number of thiol groups is 1. The summed E-state index contributed by atoms with van der Waals surface area (Å²) in [6, 6.07) is 0. The van der Waals surface area contributed by atoms with Gasteiger partial charge in [0.2, 0.25) is 0 Å². The minimum Gasteiger partial charge on any atom is -0.465 e. The Hall–Kier alpha value is -0.890. The van der Waals surface area contributed by atoms with Gasteiger partial charge in [-0.3, -0.25) is 14.4 Å². The van der Waals surface area contributed by atoms with E-state index in [1.807, 2.05) is 20.8 Å². The van der Waals surface area contributed by atoms with Crippen molar-refractivity contribution >= 4 is 42.3 Å². The van der Waals surface area contributed by atoms with E-state index in [9.17, 15) is 14.4 Å². The van der Waals surface area contributed by atoms with Crippen LogP contribution in [-0.4, -0.2) is 55.0 Å². The fraction of sp³-hybridized carbons (Fsp3) is 0.833. The van der Waals surface area contributed by atoms with Crippen molar-refractivity contribution in [1.82, 2.24) is 0 Å². The van der Waals surface area contributed by atoms with E-state index in [1.54, 1.807) is 11.8 Å². The third-order valence-electron chi connectivity index (χ3n) is 3.79. The third kappa shape index (κ3) is 11.7. The third-order valence-corrected chi connectivity index (χ3v) is 4.92. The average molecular weight is 409 g/mol. The summed E-state index contributed by atoms with van der Waals surface area (Å²) < 4.78 is 16.0. The van der Waals surface area contributed by atoms with Crippen molar-refractivity contribution in [3.63, 3.8) is 0 Å². The van der Waals surface area contributed by atoms with Gasteiger partial charge in [-0.15, -0.1) is 0 Å². The van der Waals surface area contributed by atoms with Gasteiger partial charge in [-0.05, 0) is 18.6 Å². The Balaban J connectivity index is 4.78. The highest BCUT2D eigenvalue weighted by Crippen LogP contribution is 2.25. The highest BCUT2D eigenvalue weighted by atomic mass is 32.2. The molecule has 0 aromatic heterocycles. The molecule has 0 aromatic carbocycles. The van der Waals surface area contributed by atoms with Gasteiger partial charge in [0.05, 0.1) is 18.3 Å².